The van der Waals surface area contributed by atoms with E-state index in [0.29, 0.717) is 28.3 Å². The Hall–Kier alpha value is -2.71. The third kappa shape index (κ3) is 7.17. The summed E-state index contributed by atoms with van der Waals surface area (Å²) in [6.45, 7) is 4.77. The topological polar surface area (TPSA) is 130 Å². The Morgan fingerprint density at radius 3 is 2.31 bits per heavy atom. The van der Waals surface area contributed by atoms with Crippen LogP contribution in [0.5, 0.6) is 0 Å². The number of unbranched alkanes of at least 4 members (excludes halogenated alkanes) is 2. The molecule has 1 aromatic heterocycles. The minimum atomic E-state index is 0.00432. The molecule has 32 heavy (non-hydrogen) atoms. The minimum absolute atomic E-state index is 0.00432. The van der Waals surface area contributed by atoms with E-state index in [0.717, 1.165) is 55.6 Å². The van der Waals surface area contributed by atoms with E-state index in [1.165, 1.54) is 0 Å². The van der Waals surface area contributed by atoms with Crippen molar-refractivity contribution < 1.29 is 0 Å². The molecular weight excluding hydrogens is 447 g/mol. The van der Waals surface area contributed by atoms with Crippen molar-refractivity contribution in [2.45, 2.75) is 58.9 Å². The minimum Gasteiger partial charge on any atom is -0.387 e. The molecule has 10 heteroatoms. The van der Waals surface area contributed by atoms with Crippen molar-refractivity contribution in [2.24, 2.45) is 31.8 Å². The van der Waals surface area contributed by atoms with Crippen molar-refractivity contribution in [1.82, 2.24) is 4.57 Å². The fraction of sp³-hybridized carbons (Fsp3) is 0.409. The summed E-state index contributed by atoms with van der Waals surface area (Å²) in [6, 6.07) is 9.27. The van der Waals surface area contributed by atoms with E-state index in [1.807, 2.05) is 24.3 Å². The molecule has 1 heterocycles. The largest absolute Gasteiger partial charge is 0.387 e. The Morgan fingerprint density at radius 1 is 1.03 bits per heavy atom. The van der Waals surface area contributed by atoms with Gasteiger partial charge in [0.05, 0.1) is 11.6 Å². The van der Waals surface area contributed by atoms with E-state index in [1.54, 1.807) is 10.6 Å². The lowest BCUT2D eigenvalue weighted by molar-refractivity contribution is 0.819. The lowest BCUT2D eigenvalue weighted by Gasteiger charge is -2.11. The summed E-state index contributed by atoms with van der Waals surface area (Å²) in [4.78, 5) is 9.25. The number of benzene rings is 1. The Bertz CT molecular complexity index is 990. The summed E-state index contributed by atoms with van der Waals surface area (Å²) in [5, 5.41) is 7.24. The molecule has 8 nitrogen and oxygen atoms in total. The van der Waals surface area contributed by atoms with Crippen LogP contribution in [-0.2, 0) is 6.54 Å². The first-order chi connectivity index (χ1) is 15.4. The fourth-order valence-electron chi connectivity index (χ4n) is 3.06. The Balaban J connectivity index is 2.25. The van der Waals surface area contributed by atoms with E-state index >= 15 is 0 Å². The molecule has 0 aliphatic heterocycles. The molecule has 0 radical (unpaired) electrons. The van der Waals surface area contributed by atoms with Crippen LogP contribution in [0, 0.1) is 5.53 Å². The molecule has 2 rings (SSSR count). The quantitative estimate of drug-likeness (QED) is 0.157. The number of halogens is 2. The highest BCUT2D eigenvalue weighted by atomic mass is 35.5. The molecule has 2 aromatic rings. The number of aliphatic imine (C=N–C) groups is 2. The van der Waals surface area contributed by atoms with Gasteiger partial charge in [-0.3, -0.25) is 9.56 Å². The predicted octanol–water partition coefficient (Wildman–Crippen LogP) is 6.07. The Morgan fingerprint density at radius 2 is 1.69 bits per heavy atom. The van der Waals surface area contributed by atoms with Gasteiger partial charge in [-0.05, 0) is 36.6 Å². The highest BCUT2D eigenvalue weighted by Crippen LogP contribution is 2.29. The van der Waals surface area contributed by atoms with Gasteiger partial charge in [0, 0.05) is 18.5 Å². The van der Waals surface area contributed by atoms with Crippen LogP contribution in [-0.4, -0.2) is 22.1 Å². The van der Waals surface area contributed by atoms with Crippen LogP contribution in [0.25, 0.3) is 5.69 Å². The summed E-state index contributed by atoms with van der Waals surface area (Å²) in [5.41, 5.74) is 21.0. The average molecular weight is 477 g/mol. The standard InChI is InChI=1S/C22H30Cl2N8/c1-3-5-7-19(25)29-20(8-6-4-2)28-14-15-9-11-16(12-10-15)32-18(24)13-17(23)21(32)22(26)30-31-27/h9-13H,3-8,14H2,1-2H3,(H2,25,28,29)(H3,26,27,30). The van der Waals surface area contributed by atoms with E-state index < -0.39 is 0 Å². The van der Waals surface area contributed by atoms with Crippen LogP contribution in [0.3, 0.4) is 0 Å². The summed E-state index contributed by atoms with van der Waals surface area (Å²) in [7, 11) is 0. The van der Waals surface area contributed by atoms with E-state index in [-0.39, 0.29) is 5.84 Å². The highest BCUT2D eigenvalue weighted by molar-refractivity contribution is 6.37. The molecule has 0 bridgehead atoms. The zero-order valence-electron chi connectivity index (χ0n) is 18.5. The number of aromatic nitrogens is 1. The van der Waals surface area contributed by atoms with Gasteiger partial charge in [-0.2, -0.15) is 5.53 Å². The van der Waals surface area contributed by atoms with Gasteiger partial charge < -0.3 is 11.5 Å². The molecule has 0 spiro atoms. The number of nitrogens with zero attached hydrogens (tertiary/aromatic N) is 5. The lowest BCUT2D eigenvalue weighted by Crippen LogP contribution is -2.18. The smallest absolute Gasteiger partial charge is 0.173 e. The van der Waals surface area contributed by atoms with Crippen molar-refractivity contribution in [3.05, 3.63) is 51.8 Å². The van der Waals surface area contributed by atoms with E-state index in [9.17, 15) is 0 Å². The molecular formula is C22H30Cl2N8. The van der Waals surface area contributed by atoms with Crippen molar-refractivity contribution in [3.63, 3.8) is 0 Å². The average Bonchev–Trinajstić information content (AvgIpc) is 3.08. The Kier molecular flexibility index (Phi) is 10.4. The van der Waals surface area contributed by atoms with Gasteiger partial charge in [0.1, 0.15) is 22.5 Å². The van der Waals surface area contributed by atoms with Crippen molar-refractivity contribution in [2.75, 3.05) is 0 Å². The van der Waals surface area contributed by atoms with Gasteiger partial charge in [-0.1, -0.05) is 67.2 Å². The van der Waals surface area contributed by atoms with Crippen LogP contribution in [0.4, 0.5) is 0 Å². The monoisotopic (exact) mass is 476 g/mol. The van der Waals surface area contributed by atoms with Gasteiger partial charge in [0.15, 0.2) is 5.84 Å². The molecule has 0 saturated heterocycles. The molecule has 5 N–H and O–H groups in total. The second-order valence-corrected chi connectivity index (χ2v) is 8.09. The second kappa shape index (κ2) is 13.0. The van der Waals surface area contributed by atoms with E-state index in [2.05, 4.69) is 29.2 Å². The summed E-state index contributed by atoms with van der Waals surface area (Å²) in [6.07, 6.45) is 5.79. The van der Waals surface area contributed by atoms with Gasteiger partial charge in [0.25, 0.3) is 0 Å². The molecule has 0 aliphatic rings. The number of hydrogen-bond donors (Lipinski definition) is 3. The maximum atomic E-state index is 6.90. The number of nitrogens with one attached hydrogen (secondary N) is 1. The van der Waals surface area contributed by atoms with Crippen LogP contribution >= 0.6 is 23.2 Å². The summed E-state index contributed by atoms with van der Waals surface area (Å²) >= 11 is 12.6. The summed E-state index contributed by atoms with van der Waals surface area (Å²) < 4.78 is 1.66. The SMILES string of the molecule is CCCCC(N)=NC(CCCC)=NCc1ccc(-n2c(Cl)cc(Cl)c2C(N)=NN=N)cc1. The van der Waals surface area contributed by atoms with E-state index in [4.69, 9.17) is 45.2 Å². The molecule has 0 atom stereocenters. The molecule has 0 amide bonds. The van der Waals surface area contributed by atoms with Crippen molar-refractivity contribution in [3.8, 4) is 5.69 Å². The van der Waals surface area contributed by atoms with Gasteiger partial charge >= 0.3 is 0 Å². The van der Waals surface area contributed by atoms with Gasteiger partial charge in [-0.25, -0.2) is 4.99 Å². The molecule has 0 unspecified atom stereocenters. The fourth-order valence-corrected chi connectivity index (χ4v) is 3.69. The zero-order valence-corrected chi connectivity index (χ0v) is 20.0. The third-order valence-electron chi connectivity index (χ3n) is 4.76. The lowest BCUT2D eigenvalue weighted by atomic mass is 10.2. The molecule has 172 valence electrons. The zero-order chi connectivity index (χ0) is 23.5. The number of rotatable bonds is 11. The first-order valence-electron chi connectivity index (χ1n) is 10.6. The van der Waals surface area contributed by atoms with Gasteiger partial charge in [-0.15, -0.1) is 5.10 Å². The second-order valence-electron chi connectivity index (χ2n) is 7.29. The maximum absolute atomic E-state index is 6.90. The first kappa shape index (κ1) is 25.5. The number of amidine groups is 3. The summed E-state index contributed by atoms with van der Waals surface area (Å²) in [5.74, 6) is 1.43. The molecule has 1 aromatic carbocycles. The molecule has 0 aliphatic carbocycles. The van der Waals surface area contributed by atoms with Crippen LogP contribution in [0.2, 0.25) is 10.2 Å². The van der Waals surface area contributed by atoms with Crippen molar-refractivity contribution in [1.29, 1.82) is 5.53 Å². The third-order valence-corrected chi connectivity index (χ3v) is 5.33. The first-order valence-corrected chi connectivity index (χ1v) is 11.4. The number of hydrogen-bond acceptors (Lipinski definition) is 3. The molecule has 0 saturated carbocycles. The molecule has 0 fully saturated rings. The van der Waals surface area contributed by atoms with Crippen LogP contribution in [0.1, 0.15) is 63.6 Å². The Labute approximate surface area is 198 Å². The van der Waals surface area contributed by atoms with Crippen molar-refractivity contribution >= 4 is 40.7 Å². The normalized spacial score (nSPS) is 12.9. The van der Waals surface area contributed by atoms with Crippen LogP contribution in [0.15, 0.2) is 50.6 Å². The number of nitrogens with two attached hydrogens (primary N) is 2. The maximum Gasteiger partial charge on any atom is 0.173 e. The predicted molar refractivity (Wildman–Crippen MR) is 133 cm³/mol. The van der Waals surface area contributed by atoms with Crippen LogP contribution < -0.4 is 11.5 Å². The highest BCUT2D eigenvalue weighted by Gasteiger charge is 2.17. The van der Waals surface area contributed by atoms with Gasteiger partial charge in [0.2, 0.25) is 0 Å².